The first-order valence-electron chi connectivity index (χ1n) is 30.9. The molecular formula is C69H92F3O16-3. The summed E-state index contributed by atoms with van der Waals surface area (Å²) in [6.45, 7) is -0.272. The van der Waals surface area contributed by atoms with Gasteiger partial charge in [-0.3, -0.25) is 0 Å². The molecule has 0 saturated heterocycles. The molecule has 0 heterocycles. The van der Waals surface area contributed by atoms with E-state index >= 15 is 0 Å². The van der Waals surface area contributed by atoms with Gasteiger partial charge in [-0.25, -0.2) is 0 Å². The van der Waals surface area contributed by atoms with Gasteiger partial charge >= 0.3 is 6.18 Å². The first-order chi connectivity index (χ1) is 42.0. The lowest BCUT2D eigenvalue weighted by atomic mass is 9.85. The van der Waals surface area contributed by atoms with E-state index in [1.807, 2.05) is 91.1 Å². The standard InChI is InChI=1S/C23H29F3O6.C23H34O5.C23H32O5/c24-23(25,26)15-6-5-7-17(12-15)32-14-16(27)10-11-19-18(20(28)13-21(19)29)8-3-1-2-4-9-22(30)31;2*24-18(13-12-17-8-4-3-5-9-17)14-15-20-19(21(25)16-22(20)26)10-6-1-2-7-11-23(27)28/h1,3,5-7,10-12,16,18-21,27-29H,2,4,8-9,13-14H2,(H,30,31);1,3-6,8-9,18-22,24-26H,2,7,10-16H2,(H,27,28);1,3-6,8-9,14-15,18-22,24-26H,2,7,10-13,16H2,(H,27,28)/p-3/b3-1-,11-10+;6-1-;6-1-,15-14+/t16-,18-,19-,20+,21-;2*18-,19+,20+,21-,22+/m100/s1. The van der Waals surface area contributed by atoms with Gasteiger partial charge in [-0.05, 0) is 175 Å². The number of aliphatic hydroxyl groups excluding tert-OH is 9. The third-order valence-electron chi connectivity index (χ3n) is 16.5. The van der Waals surface area contributed by atoms with Crippen molar-refractivity contribution in [1.29, 1.82) is 0 Å². The Morgan fingerprint density at radius 3 is 1.40 bits per heavy atom. The van der Waals surface area contributed by atoms with E-state index in [-0.39, 0.29) is 67.6 Å². The van der Waals surface area contributed by atoms with Crippen LogP contribution in [-0.2, 0) is 33.4 Å². The van der Waals surface area contributed by atoms with Crippen molar-refractivity contribution in [2.75, 3.05) is 6.61 Å². The lowest BCUT2D eigenvalue weighted by Crippen LogP contribution is -2.23. The highest BCUT2D eigenvalue weighted by Crippen LogP contribution is 2.40. The summed E-state index contributed by atoms with van der Waals surface area (Å²) >= 11 is 0. The predicted molar refractivity (Wildman–Crippen MR) is 321 cm³/mol. The number of aryl methyl sites for hydroxylation is 2. The first kappa shape index (κ1) is 74.5. The average molecular weight is 1230 g/mol. The minimum absolute atomic E-state index is 0.0192. The van der Waals surface area contributed by atoms with Crippen LogP contribution in [0.5, 0.6) is 5.75 Å². The lowest BCUT2D eigenvalue weighted by Gasteiger charge is -2.23. The highest BCUT2D eigenvalue weighted by atomic mass is 19.4. The molecule has 0 bridgehead atoms. The van der Waals surface area contributed by atoms with Crippen molar-refractivity contribution in [2.24, 2.45) is 35.5 Å². The Morgan fingerprint density at radius 1 is 0.511 bits per heavy atom. The number of hydrogen-bond acceptors (Lipinski definition) is 16. The molecule has 3 aliphatic rings. The summed E-state index contributed by atoms with van der Waals surface area (Å²) in [5.74, 6) is -4.25. The molecule has 0 aromatic heterocycles. The van der Waals surface area contributed by atoms with E-state index in [0.717, 1.165) is 25.0 Å². The summed E-state index contributed by atoms with van der Waals surface area (Å²) in [6.07, 6.45) is 17.9. The number of halogens is 3. The van der Waals surface area contributed by atoms with Crippen molar-refractivity contribution in [3.05, 3.63) is 162 Å². The Kier molecular flexibility index (Phi) is 34.4. The van der Waals surface area contributed by atoms with Crippen LogP contribution in [0, 0.1) is 35.5 Å². The second-order valence-corrected chi connectivity index (χ2v) is 23.4. The van der Waals surface area contributed by atoms with Crippen LogP contribution in [0.15, 0.2) is 146 Å². The van der Waals surface area contributed by atoms with Crippen molar-refractivity contribution in [2.45, 2.75) is 196 Å². The molecule has 3 saturated carbocycles. The number of benzene rings is 3. The van der Waals surface area contributed by atoms with E-state index in [1.54, 1.807) is 12.2 Å². The zero-order valence-corrected chi connectivity index (χ0v) is 50.1. The third-order valence-corrected chi connectivity index (χ3v) is 16.5. The van der Waals surface area contributed by atoms with Crippen molar-refractivity contribution >= 4 is 17.9 Å². The Labute approximate surface area is 515 Å². The van der Waals surface area contributed by atoms with Crippen LogP contribution in [0.4, 0.5) is 13.2 Å². The number of carboxylic acid groups (broad SMARTS) is 3. The maximum Gasteiger partial charge on any atom is 0.416 e. The third kappa shape index (κ3) is 29.1. The smallest absolute Gasteiger partial charge is 0.416 e. The lowest BCUT2D eigenvalue weighted by molar-refractivity contribution is -0.307. The van der Waals surface area contributed by atoms with Gasteiger partial charge in [0.05, 0.1) is 54.4 Å². The molecule has 15 atom stereocenters. The summed E-state index contributed by atoms with van der Waals surface area (Å²) in [7, 11) is 0. The molecule has 16 nitrogen and oxygen atoms in total. The monoisotopic (exact) mass is 1230 g/mol. The molecule has 3 fully saturated rings. The number of allylic oxidation sites excluding steroid dienone is 6. The summed E-state index contributed by atoms with van der Waals surface area (Å²) in [5, 5.41) is 123. The molecule has 0 aliphatic heterocycles. The summed E-state index contributed by atoms with van der Waals surface area (Å²) in [6, 6.07) is 24.4. The Morgan fingerprint density at radius 2 is 0.932 bits per heavy atom. The van der Waals surface area contributed by atoms with E-state index in [4.69, 9.17) is 4.74 Å². The number of carboxylic acids is 3. The molecule has 488 valence electrons. The molecule has 19 heteroatoms. The number of carbonyl (C=O) groups is 3. The Balaban J connectivity index is 0.000000283. The highest BCUT2D eigenvalue weighted by molar-refractivity contribution is 5.64. The van der Waals surface area contributed by atoms with Gasteiger partial charge in [0.15, 0.2) is 0 Å². The Hall–Kier alpha value is -6.00. The van der Waals surface area contributed by atoms with Gasteiger partial charge in [0, 0.05) is 42.6 Å². The molecule has 88 heavy (non-hydrogen) atoms. The fourth-order valence-corrected chi connectivity index (χ4v) is 11.6. The summed E-state index contributed by atoms with van der Waals surface area (Å²) < 4.78 is 43.5. The fraction of sp³-hybridized carbons (Fsp3) is 0.551. The topological polar surface area (TPSA) is 312 Å². The van der Waals surface area contributed by atoms with Gasteiger partial charge < -0.3 is 80.4 Å². The van der Waals surface area contributed by atoms with Crippen LogP contribution >= 0.6 is 0 Å². The Bertz CT molecular complexity index is 2590. The predicted octanol–water partition coefficient (Wildman–Crippen LogP) is 5.97. The molecule has 0 unspecified atom stereocenters. The van der Waals surface area contributed by atoms with Gasteiger partial charge in [-0.2, -0.15) is 13.2 Å². The number of hydrogen-bond donors (Lipinski definition) is 9. The van der Waals surface area contributed by atoms with E-state index in [2.05, 4.69) is 12.1 Å². The van der Waals surface area contributed by atoms with E-state index in [1.165, 1.54) is 29.3 Å². The zero-order chi connectivity index (χ0) is 64.4. The zero-order valence-electron chi connectivity index (χ0n) is 50.1. The number of alkyl halides is 3. The molecule has 3 aliphatic carbocycles. The second-order valence-electron chi connectivity index (χ2n) is 23.4. The van der Waals surface area contributed by atoms with Gasteiger partial charge in [-0.1, -0.05) is 127 Å². The van der Waals surface area contributed by atoms with Crippen LogP contribution in [-0.4, -0.2) is 125 Å². The van der Waals surface area contributed by atoms with Gasteiger partial charge in [0.25, 0.3) is 0 Å². The van der Waals surface area contributed by atoms with Gasteiger partial charge in [-0.15, -0.1) is 0 Å². The molecule has 0 amide bonds. The molecule has 0 spiro atoms. The maximum absolute atomic E-state index is 12.8. The molecular weight excluding hydrogens is 1140 g/mol. The number of ether oxygens (including phenoxy) is 1. The van der Waals surface area contributed by atoms with Crippen LogP contribution in [0.3, 0.4) is 0 Å². The highest BCUT2D eigenvalue weighted by Gasteiger charge is 2.42. The van der Waals surface area contributed by atoms with Crippen molar-refractivity contribution in [1.82, 2.24) is 0 Å². The first-order valence-corrected chi connectivity index (χ1v) is 30.9. The molecule has 3 aromatic carbocycles. The second kappa shape index (κ2) is 40.6. The molecule has 9 N–H and O–H groups in total. The van der Waals surface area contributed by atoms with Crippen molar-refractivity contribution < 1.29 is 93.6 Å². The van der Waals surface area contributed by atoms with Crippen molar-refractivity contribution in [3.8, 4) is 5.75 Å². The van der Waals surface area contributed by atoms with E-state index < -0.39 is 90.5 Å². The summed E-state index contributed by atoms with van der Waals surface area (Å²) in [4.78, 5) is 31.2. The number of unbranched alkanes of at least 4 members (excludes halogenated alkanes) is 3. The van der Waals surface area contributed by atoms with Crippen LogP contribution in [0.1, 0.15) is 139 Å². The fourth-order valence-electron chi connectivity index (χ4n) is 11.6. The molecule has 6 rings (SSSR count). The quantitative estimate of drug-likeness (QED) is 0.0246. The minimum atomic E-state index is -4.49. The minimum Gasteiger partial charge on any atom is -0.550 e. The number of aliphatic carboxylic acids is 3. The van der Waals surface area contributed by atoms with E-state index in [9.17, 15) is 88.8 Å². The largest absolute Gasteiger partial charge is 0.550 e. The van der Waals surface area contributed by atoms with Gasteiger partial charge in [0.2, 0.25) is 0 Å². The SMILES string of the molecule is O=C([O-])CCC/C=C\C[C@@H]1[C@@H](/C=C/[C@@H](O)CCc2ccccc2)[C@H](O)C[C@@H]1O.O=C([O-])CCC/C=C\C[C@@H]1[C@@H](/C=C/[C@@H](O)COc2cccc(C(F)(F)F)c2)[C@H](O)C[C@@H]1O.O=C([O-])CCC/C=C\C[C@@H]1[C@@H](CC[C@@H](O)CCc2ccccc2)[C@H](O)C[C@@H]1O. The number of rotatable bonds is 34. The number of carbonyl (C=O) groups excluding carboxylic acids is 3. The average Bonchev–Trinajstić information content (AvgIpc) is 4.22. The van der Waals surface area contributed by atoms with E-state index in [0.29, 0.717) is 96.3 Å². The number of aliphatic hydroxyl groups is 9. The van der Waals surface area contributed by atoms with Crippen molar-refractivity contribution in [3.63, 3.8) is 0 Å². The molecule has 3 aromatic rings. The van der Waals surface area contributed by atoms with Crippen LogP contribution in [0.25, 0.3) is 0 Å². The normalized spacial score (nSPS) is 25.7. The maximum atomic E-state index is 12.8. The van der Waals surface area contributed by atoms with Gasteiger partial charge in [0.1, 0.15) is 18.5 Å². The molecule has 0 radical (unpaired) electrons. The summed E-state index contributed by atoms with van der Waals surface area (Å²) in [5.41, 5.74) is 1.53. The van der Waals surface area contributed by atoms with Crippen LogP contribution < -0.4 is 20.1 Å². The van der Waals surface area contributed by atoms with Crippen LogP contribution in [0.2, 0.25) is 0 Å².